The van der Waals surface area contributed by atoms with Gasteiger partial charge in [-0.15, -0.1) is 0 Å². The first-order chi connectivity index (χ1) is 14.0. The highest BCUT2D eigenvalue weighted by Gasteiger charge is 2.73. The molecule has 3 fully saturated rings. The van der Waals surface area contributed by atoms with Crippen LogP contribution in [0.5, 0.6) is 0 Å². The van der Waals surface area contributed by atoms with Gasteiger partial charge in [-0.05, 0) is 34.6 Å². The van der Waals surface area contributed by atoms with E-state index in [4.69, 9.17) is 14.0 Å². The van der Waals surface area contributed by atoms with E-state index in [2.05, 4.69) is 4.74 Å². The minimum atomic E-state index is -5.80. The number of carbonyl (C=O) groups excluding carboxylic acids is 3. The smallest absolute Gasteiger partial charge is 0.402 e. The van der Waals surface area contributed by atoms with E-state index >= 15 is 0 Å². The first kappa shape index (κ1) is 23.8. The Bertz CT molecular complexity index is 898. The molecule has 6 atom stereocenters. The number of nitrogens with zero attached hydrogens (tertiary/aromatic N) is 1. The quantitative estimate of drug-likeness (QED) is 0.438. The van der Waals surface area contributed by atoms with Gasteiger partial charge in [-0.1, -0.05) is 0 Å². The van der Waals surface area contributed by atoms with Crippen molar-refractivity contribution in [2.45, 2.75) is 70.3 Å². The van der Waals surface area contributed by atoms with Crippen molar-refractivity contribution in [2.24, 2.45) is 17.3 Å². The van der Waals surface area contributed by atoms with Crippen molar-refractivity contribution in [2.75, 3.05) is 6.61 Å². The monoisotopic (exact) mass is 469 g/mol. The number of amides is 1. The third-order valence-corrected chi connectivity index (χ3v) is 6.58. The first-order valence-electron chi connectivity index (χ1n) is 9.69. The van der Waals surface area contributed by atoms with Gasteiger partial charge in [0.15, 0.2) is 12.7 Å². The van der Waals surface area contributed by atoms with Crippen LogP contribution < -0.4 is 0 Å². The van der Waals surface area contributed by atoms with Gasteiger partial charge in [0.05, 0.1) is 23.5 Å². The lowest BCUT2D eigenvalue weighted by Gasteiger charge is -2.34. The average Bonchev–Trinajstić information content (AvgIpc) is 3.20. The SMILES string of the molecule is CC(C)N1C(=O)C2C3OC(C(OC(=O)C(C)(C)C)C31)C2C(=O)OCC(F)(F)S(=O)(=O)O. The molecule has 0 aromatic heterocycles. The Morgan fingerprint density at radius 3 is 2.29 bits per heavy atom. The zero-order chi connectivity index (χ0) is 23.7. The molecule has 3 aliphatic rings. The summed E-state index contributed by atoms with van der Waals surface area (Å²) in [6, 6.07) is -0.959. The number of hydrogen-bond acceptors (Lipinski definition) is 8. The van der Waals surface area contributed by atoms with Crippen LogP contribution in [0, 0.1) is 17.3 Å². The highest BCUT2D eigenvalue weighted by Crippen LogP contribution is 2.53. The predicted molar refractivity (Wildman–Crippen MR) is 98.2 cm³/mol. The normalized spacial score (nSPS) is 32.7. The van der Waals surface area contributed by atoms with E-state index in [1.807, 2.05) is 0 Å². The number of fused-ring (bicyclic) bond motifs is 1. The Labute approximate surface area is 177 Å². The van der Waals surface area contributed by atoms with E-state index in [-0.39, 0.29) is 6.04 Å². The number of carbonyl (C=O) groups is 3. The van der Waals surface area contributed by atoms with Crippen molar-refractivity contribution >= 4 is 28.0 Å². The maximum absolute atomic E-state index is 13.5. The molecular formula is C18H25F2NO9S. The summed E-state index contributed by atoms with van der Waals surface area (Å²) in [5.74, 6) is -4.76. The molecule has 10 nitrogen and oxygen atoms in total. The van der Waals surface area contributed by atoms with Gasteiger partial charge >= 0.3 is 27.3 Å². The maximum atomic E-state index is 13.5. The lowest BCUT2D eigenvalue weighted by molar-refractivity contribution is -0.170. The van der Waals surface area contributed by atoms with Crippen LogP contribution in [0.25, 0.3) is 0 Å². The Hall–Kier alpha value is -1.86. The van der Waals surface area contributed by atoms with Crippen molar-refractivity contribution in [3.63, 3.8) is 0 Å². The summed E-state index contributed by atoms with van der Waals surface area (Å²) in [5.41, 5.74) is -0.889. The molecule has 3 heterocycles. The molecule has 3 saturated heterocycles. The highest BCUT2D eigenvalue weighted by molar-refractivity contribution is 7.86. The Morgan fingerprint density at radius 2 is 1.81 bits per heavy atom. The standard InChI is InChI=1S/C18H25F2NO9S/c1-7(2)21-10-11-8(14(21)22)9(15(23)28-6-18(19,20)31(25,26)27)12(29-11)13(10)30-16(24)17(3,4)5/h7-13H,6H2,1-5H3,(H,25,26,27). The molecule has 6 unspecified atom stereocenters. The molecule has 3 rings (SSSR count). The molecule has 13 heteroatoms. The molecule has 1 N–H and O–H groups in total. The number of esters is 2. The minimum Gasteiger partial charge on any atom is -0.458 e. The Morgan fingerprint density at radius 1 is 1.23 bits per heavy atom. The van der Waals surface area contributed by atoms with Crippen LogP contribution in [0.4, 0.5) is 8.78 Å². The summed E-state index contributed by atoms with van der Waals surface area (Å²) in [7, 11) is -5.80. The minimum absolute atomic E-state index is 0.318. The predicted octanol–water partition coefficient (Wildman–Crippen LogP) is 0.601. The second-order valence-electron chi connectivity index (χ2n) is 9.29. The van der Waals surface area contributed by atoms with Crippen molar-refractivity contribution in [3.8, 4) is 0 Å². The fraction of sp³-hybridized carbons (Fsp3) is 0.833. The maximum Gasteiger partial charge on any atom is 0.402 e. The van der Waals surface area contributed by atoms with E-state index in [0.717, 1.165) is 0 Å². The number of halogens is 2. The van der Waals surface area contributed by atoms with Gasteiger partial charge in [-0.2, -0.15) is 17.2 Å². The number of rotatable bonds is 6. The number of hydrogen-bond donors (Lipinski definition) is 1. The Balaban J connectivity index is 1.88. The van der Waals surface area contributed by atoms with Crippen LogP contribution >= 0.6 is 0 Å². The molecule has 0 aliphatic carbocycles. The molecule has 0 aromatic rings. The van der Waals surface area contributed by atoms with E-state index in [9.17, 15) is 31.6 Å². The van der Waals surface area contributed by atoms with Gasteiger partial charge in [0.1, 0.15) is 12.0 Å². The van der Waals surface area contributed by atoms with Gasteiger partial charge in [-0.25, -0.2) is 0 Å². The number of ether oxygens (including phenoxy) is 3. The second kappa shape index (κ2) is 7.34. The second-order valence-corrected chi connectivity index (χ2v) is 10.8. The van der Waals surface area contributed by atoms with Gasteiger partial charge < -0.3 is 19.1 Å². The summed E-state index contributed by atoms with van der Waals surface area (Å²) in [6.45, 7) is 6.40. The largest absolute Gasteiger partial charge is 0.458 e. The van der Waals surface area contributed by atoms with Crippen LogP contribution in [0.2, 0.25) is 0 Å². The van der Waals surface area contributed by atoms with Crippen LogP contribution in [0.15, 0.2) is 0 Å². The van der Waals surface area contributed by atoms with E-state index in [1.54, 1.807) is 34.6 Å². The van der Waals surface area contributed by atoms with Crippen molar-refractivity contribution in [1.29, 1.82) is 0 Å². The van der Waals surface area contributed by atoms with Gasteiger partial charge in [-0.3, -0.25) is 18.9 Å². The zero-order valence-electron chi connectivity index (χ0n) is 17.6. The molecule has 176 valence electrons. The highest BCUT2D eigenvalue weighted by atomic mass is 32.2. The van der Waals surface area contributed by atoms with E-state index < -0.39 is 81.4 Å². The summed E-state index contributed by atoms with van der Waals surface area (Å²) in [6.07, 6.45) is -2.95. The number of alkyl halides is 2. The van der Waals surface area contributed by atoms with Crippen LogP contribution in [0.1, 0.15) is 34.6 Å². The summed E-state index contributed by atoms with van der Waals surface area (Å²) < 4.78 is 72.9. The van der Waals surface area contributed by atoms with Crippen molar-refractivity contribution in [1.82, 2.24) is 4.90 Å². The van der Waals surface area contributed by atoms with Gasteiger partial charge in [0.25, 0.3) is 0 Å². The van der Waals surface area contributed by atoms with E-state index in [1.165, 1.54) is 4.90 Å². The molecule has 0 aromatic carbocycles. The average molecular weight is 469 g/mol. The molecule has 2 bridgehead atoms. The number of likely N-dealkylation sites (tertiary alicyclic amines) is 1. The molecule has 0 radical (unpaired) electrons. The van der Waals surface area contributed by atoms with Crippen molar-refractivity contribution < 1.29 is 50.3 Å². The summed E-state index contributed by atoms with van der Waals surface area (Å²) in [4.78, 5) is 39.5. The summed E-state index contributed by atoms with van der Waals surface area (Å²) >= 11 is 0. The molecule has 1 amide bonds. The van der Waals surface area contributed by atoms with E-state index in [0.29, 0.717) is 0 Å². The van der Waals surface area contributed by atoms with Gasteiger partial charge in [0, 0.05) is 6.04 Å². The van der Waals surface area contributed by atoms with Gasteiger partial charge in [0.2, 0.25) is 5.91 Å². The van der Waals surface area contributed by atoms with Crippen LogP contribution in [-0.4, -0.2) is 78.0 Å². The molecular weight excluding hydrogens is 444 g/mol. The fourth-order valence-corrected chi connectivity index (χ4v) is 4.50. The summed E-state index contributed by atoms with van der Waals surface area (Å²) in [5, 5.41) is -4.72. The third-order valence-electron chi connectivity index (χ3n) is 5.71. The van der Waals surface area contributed by atoms with Crippen molar-refractivity contribution in [3.05, 3.63) is 0 Å². The lowest BCUT2D eigenvalue weighted by atomic mass is 9.78. The Kier molecular flexibility index (Phi) is 5.63. The van der Waals surface area contributed by atoms with Crippen LogP contribution in [0.3, 0.4) is 0 Å². The molecule has 0 spiro atoms. The lowest BCUT2D eigenvalue weighted by Crippen LogP contribution is -2.52. The first-order valence-corrected chi connectivity index (χ1v) is 11.1. The third kappa shape index (κ3) is 3.80. The van der Waals surface area contributed by atoms with Crippen LogP contribution in [-0.2, 0) is 38.7 Å². The zero-order valence-corrected chi connectivity index (χ0v) is 18.4. The molecule has 0 saturated carbocycles. The molecule has 3 aliphatic heterocycles. The topological polar surface area (TPSA) is 137 Å². The molecule has 31 heavy (non-hydrogen) atoms. The fourth-order valence-electron chi connectivity index (χ4n) is 4.29.